The van der Waals surface area contributed by atoms with E-state index in [9.17, 15) is 9.18 Å². The Kier molecular flexibility index (Phi) is 3.19. The summed E-state index contributed by atoms with van der Waals surface area (Å²) in [7, 11) is 0. The molecule has 1 N–H and O–H groups in total. The molecule has 0 aliphatic carbocycles. The summed E-state index contributed by atoms with van der Waals surface area (Å²) in [6, 6.07) is 3.55. The smallest absolute Gasteiger partial charge is 0.347 e. The lowest BCUT2D eigenvalue weighted by atomic mass is 10.1. The molecule has 0 fully saturated rings. The number of carbonyl (C=O) groups is 1. The van der Waals surface area contributed by atoms with Crippen molar-refractivity contribution in [3.8, 4) is 5.75 Å². The first kappa shape index (κ1) is 11.8. The molecule has 0 aromatic heterocycles. The number of hydrogen-bond acceptors (Lipinski definition) is 2. The van der Waals surface area contributed by atoms with Gasteiger partial charge in [-0.05, 0) is 26.0 Å². The zero-order valence-corrected chi connectivity index (χ0v) is 9.01. The summed E-state index contributed by atoms with van der Waals surface area (Å²) >= 11 is 5.59. The van der Waals surface area contributed by atoms with Gasteiger partial charge in [-0.2, -0.15) is 0 Å². The highest BCUT2D eigenvalue weighted by Gasteiger charge is 2.29. The molecule has 5 heteroatoms. The molecule has 15 heavy (non-hydrogen) atoms. The standard InChI is InChI=1S/C10H10ClFO3/c1-10(2,9(13)14)15-8-4-6(11)3-7(12)5-8/h3-5H,1-2H3,(H,13,14). The number of benzene rings is 1. The number of rotatable bonds is 3. The van der Waals surface area contributed by atoms with Crippen LogP contribution >= 0.6 is 11.6 Å². The van der Waals surface area contributed by atoms with Crippen LogP contribution in [-0.4, -0.2) is 16.7 Å². The number of ether oxygens (including phenoxy) is 1. The van der Waals surface area contributed by atoms with E-state index in [1.807, 2.05) is 0 Å². The lowest BCUT2D eigenvalue weighted by Crippen LogP contribution is -2.37. The Morgan fingerprint density at radius 2 is 2.07 bits per heavy atom. The van der Waals surface area contributed by atoms with Gasteiger partial charge in [-0.3, -0.25) is 0 Å². The fourth-order valence-electron chi connectivity index (χ4n) is 0.926. The number of hydrogen-bond donors (Lipinski definition) is 1. The summed E-state index contributed by atoms with van der Waals surface area (Å²) in [5.41, 5.74) is -1.42. The predicted octanol–water partition coefficient (Wildman–Crippen LogP) is 2.72. The number of carboxylic acid groups (broad SMARTS) is 1. The molecule has 0 saturated heterocycles. The van der Waals surface area contributed by atoms with Gasteiger partial charge in [-0.1, -0.05) is 11.6 Å². The summed E-state index contributed by atoms with van der Waals surface area (Å²) in [6.07, 6.45) is 0. The van der Waals surface area contributed by atoms with E-state index in [1.165, 1.54) is 19.9 Å². The SMILES string of the molecule is CC(C)(Oc1cc(F)cc(Cl)c1)C(=O)O. The molecule has 0 heterocycles. The molecule has 1 rings (SSSR count). The van der Waals surface area contributed by atoms with Crippen molar-refractivity contribution < 1.29 is 19.0 Å². The Balaban J connectivity index is 2.94. The van der Waals surface area contributed by atoms with Crippen LogP contribution in [0.2, 0.25) is 5.02 Å². The predicted molar refractivity (Wildman–Crippen MR) is 53.8 cm³/mol. The third-order valence-corrected chi connectivity index (χ3v) is 1.94. The number of aliphatic carboxylic acids is 1. The Labute approximate surface area is 91.4 Å². The maximum Gasteiger partial charge on any atom is 0.347 e. The van der Waals surface area contributed by atoms with Crippen LogP contribution in [0.4, 0.5) is 4.39 Å². The monoisotopic (exact) mass is 232 g/mol. The van der Waals surface area contributed by atoms with Crippen molar-refractivity contribution in [3.05, 3.63) is 29.0 Å². The fourth-order valence-corrected chi connectivity index (χ4v) is 1.14. The average molecular weight is 233 g/mol. The second kappa shape index (κ2) is 4.06. The lowest BCUT2D eigenvalue weighted by molar-refractivity contribution is -0.152. The van der Waals surface area contributed by atoms with Gasteiger partial charge in [0, 0.05) is 11.1 Å². The Bertz CT molecular complexity index is 370. The van der Waals surface area contributed by atoms with Crippen molar-refractivity contribution in [1.82, 2.24) is 0 Å². The van der Waals surface area contributed by atoms with Crippen molar-refractivity contribution in [1.29, 1.82) is 0 Å². The first-order chi connectivity index (χ1) is 6.81. The van der Waals surface area contributed by atoms with E-state index in [1.54, 1.807) is 0 Å². The molecule has 0 bridgehead atoms. The van der Waals surface area contributed by atoms with Gasteiger partial charge in [0.2, 0.25) is 0 Å². The minimum atomic E-state index is -1.42. The van der Waals surface area contributed by atoms with Crippen molar-refractivity contribution in [3.63, 3.8) is 0 Å². The summed E-state index contributed by atoms with van der Waals surface area (Å²) < 4.78 is 18.0. The molecule has 0 spiro atoms. The van der Waals surface area contributed by atoms with E-state index < -0.39 is 17.4 Å². The average Bonchev–Trinajstić information content (AvgIpc) is 1.99. The molecule has 3 nitrogen and oxygen atoms in total. The highest BCUT2D eigenvalue weighted by Crippen LogP contribution is 2.24. The normalized spacial score (nSPS) is 11.2. The maximum absolute atomic E-state index is 12.9. The molecule has 82 valence electrons. The van der Waals surface area contributed by atoms with Crippen molar-refractivity contribution in [2.75, 3.05) is 0 Å². The van der Waals surface area contributed by atoms with E-state index >= 15 is 0 Å². The van der Waals surface area contributed by atoms with Gasteiger partial charge in [0.05, 0.1) is 0 Å². The number of carboxylic acids is 1. The summed E-state index contributed by atoms with van der Waals surface area (Å²) in [4.78, 5) is 10.7. The minimum absolute atomic E-state index is 0.0902. The molecule has 0 saturated carbocycles. The molecular formula is C10H10ClFO3. The molecule has 0 radical (unpaired) electrons. The van der Waals surface area contributed by atoms with Crippen LogP contribution in [-0.2, 0) is 4.79 Å². The van der Waals surface area contributed by atoms with E-state index in [4.69, 9.17) is 21.4 Å². The first-order valence-corrected chi connectivity index (χ1v) is 4.57. The molecule has 0 unspecified atom stereocenters. The van der Waals surface area contributed by atoms with E-state index in [-0.39, 0.29) is 10.8 Å². The summed E-state index contributed by atoms with van der Waals surface area (Å²) in [6.45, 7) is 2.74. The summed E-state index contributed by atoms with van der Waals surface area (Å²) in [5, 5.41) is 8.95. The van der Waals surface area contributed by atoms with Gasteiger partial charge in [-0.15, -0.1) is 0 Å². The zero-order valence-electron chi connectivity index (χ0n) is 8.25. The van der Waals surface area contributed by atoms with E-state index in [0.717, 1.165) is 12.1 Å². The molecular weight excluding hydrogens is 223 g/mol. The van der Waals surface area contributed by atoms with Crippen molar-refractivity contribution >= 4 is 17.6 Å². The van der Waals surface area contributed by atoms with Gasteiger partial charge < -0.3 is 9.84 Å². The van der Waals surface area contributed by atoms with Crippen LogP contribution in [0.3, 0.4) is 0 Å². The topological polar surface area (TPSA) is 46.5 Å². The van der Waals surface area contributed by atoms with Gasteiger partial charge in [-0.25, -0.2) is 9.18 Å². The maximum atomic E-state index is 12.9. The van der Waals surface area contributed by atoms with E-state index in [2.05, 4.69) is 0 Å². The number of halogens is 2. The van der Waals surface area contributed by atoms with Crippen LogP contribution in [0, 0.1) is 5.82 Å². The third kappa shape index (κ3) is 3.09. The Morgan fingerprint density at radius 1 is 1.47 bits per heavy atom. The van der Waals surface area contributed by atoms with E-state index in [0.29, 0.717) is 0 Å². The molecule has 0 aliphatic heterocycles. The van der Waals surface area contributed by atoms with Gasteiger partial charge in [0.25, 0.3) is 0 Å². The van der Waals surface area contributed by atoms with Gasteiger partial charge in [0.1, 0.15) is 11.6 Å². The summed E-state index contributed by atoms with van der Waals surface area (Å²) in [5.74, 6) is -1.62. The minimum Gasteiger partial charge on any atom is -0.478 e. The lowest BCUT2D eigenvalue weighted by Gasteiger charge is -2.21. The van der Waals surface area contributed by atoms with Crippen LogP contribution < -0.4 is 4.74 Å². The quantitative estimate of drug-likeness (QED) is 0.872. The van der Waals surface area contributed by atoms with Crippen LogP contribution in [0.1, 0.15) is 13.8 Å². The zero-order chi connectivity index (χ0) is 11.6. The van der Waals surface area contributed by atoms with Gasteiger partial charge >= 0.3 is 5.97 Å². The molecule has 0 aliphatic rings. The van der Waals surface area contributed by atoms with Crippen LogP contribution in [0.5, 0.6) is 5.75 Å². The second-order valence-electron chi connectivity index (χ2n) is 3.52. The third-order valence-electron chi connectivity index (χ3n) is 1.72. The Hall–Kier alpha value is -1.29. The Morgan fingerprint density at radius 3 is 2.53 bits per heavy atom. The van der Waals surface area contributed by atoms with Crippen LogP contribution in [0.15, 0.2) is 18.2 Å². The fraction of sp³-hybridized carbons (Fsp3) is 0.300. The molecule has 1 aromatic carbocycles. The highest BCUT2D eigenvalue weighted by atomic mass is 35.5. The second-order valence-corrected chi connectivity index (χ2v) is 3.96. The van der Waals surface area contributed by atoms with Crippen LogP contribution in [0.25, 0.3) is 0 Å². The van der Waals surface area contributed by atoms with Gasteiger partial charge in [0.15, 0.2) is 5.60 Å². The van der Waals surface area contributed by atoms with Crippen molar-refractivity contribution in [2.45, 2.75) is 19.4 Å². The molecule has 0 amide bonds. The first-order valence-electron chi connectivity index (χ1n) is 4.20. The molecule has 0 atom stereocenters. The largest absolute Gasteiger partial charge is 0.478 e. The van der Waals surface area contributed by atoms with Crippen molar-refractivity contribution in [2.24, 2.45) is 0 Å². The highest BCUT2D eigenvalue weighted by molar-refractivity contribution is 6.30. The molecule has 1 aromatic rings.